The van der Waals surface area contributed by atoms with Crippen LogP contribution in [0.3, 0.4) is 0 Å². The summed E-state index contributed by atoms with van der Waals surface area (Å²) in [5, 5.41) is 17.7. The first-order chi connectivity index (χ1) is 13.7. The zero-order valence-electron chi connectivity index (χ0n) is 16.5. The number of hydrogen-bond acceptors (Lipinski definition) is 8. The van der Waals surface area contributed by atoms with Gasteiger partial charge in [-0.15, -0.1) is 15.3 Å². The van der Waals surface area contributed by atoms with E-state index in [1.165, 1.54) is 6.42 Å². The van der Waals surface area contributed by atoms with Gasteiger partial charge in [-0.3, -0.25) is 4.90 Å². The summed E-state index contributed by atoms with van der Waals surface area (Å²) >= 11 is 0. The van der Waals surface area contributed by atoms with Crippen LogP contribution in [-0.2, 0) is 6.54 Å². The summed E-state index contributed by atoms with van der Waals surface area (Å²) in [7, 11) is 0. The molecule has 0 spiro atoms. The highest BCUT2D eigenvalue weighted by atomic mass is 16.5. The van der Waals surface area contributed by atoms with Crippen molar-refractivity contribution in [2.75, 3.05) is 31.1 Å². The Morgan fingerprint density at radius 1 is 1.11 bits per heavy atom. The minimum absolute atomic E-state index is 0.290. The lowest BCUT2D eigenvalue weighted by molar-refractivity contribution is 0.178. The molecule has 9 nitrogen and oxygen atoms in total. The van der Waals surface area contributed by atoms with Crippen molar-refractivity contribution in [3.05, 3.63) is 29.7 Å². The van der Waals surface area contributed by atoms with E-state index in [1.807, 2.05) is 16.6 Å². The van der Waals surface area contributed by atoms with Crippen LogP contribution in [-0.4, -0.2) is 61.0 Å². The number of hydrogen-bond donors (Lipinski definition) is 0. The van der Waals surface area contributed by atoms with Crippen molar-refractivity contribution in [2.45, 2.75) is 51.5 Å². The van der Waals surface area contributed by atoms with E-state index in [4.69, 9.17) is 9.62 Å². The Balaban J connectivity index is 1.26. The molecule has 0 amide bonds. The first kappa shape index (κ1) is 17.5. The first-order valence-electron chi connectivity index (χ1n) is 10.2. The number of likely N-dealkylation sites (tertiary alicyclic amines) is 1. The number of nitrogens with zero attached hydrogens (tertiary/aromatic N) is 8. The molecule has 5 rings (SSSR count). The molecule has 0 atom stereocenters. The van der Waals surface area contributed by atoms with Gasteiger partial charge in [-0.2, -0.15) is 9.50 Å². The van der Waals surface area contributed by atoms with Crippen LogP contribution in [0.25, 0.3) is 5.65 Å². The van der Waals surface area contributed by atoms with Crippen LogP contribution in [0.15, 0.2) is 16.7 Å². The van der Waals surface area contributed by atoms with Gasteiger partial charge in [0, 0.05) is 24.9 Å². The zero-order chi connectivity index (χ0) is 19.1. The largest absolute Gasteiger partial charge is 0.355 e. The molecule has 28 heavy (non-hydrogen) atoms. The Bertz CT molecular complexity index is 952. The van der Waals surface area contributed by atoms with Gasteiger partial charge >= 0.3 is 0 Å². The summed E-state index contributed by atoms with van der Waals surface area (Å²) in [5.41, 5.74) is 0.828. The van der Waals surface area contributed by atoms with Crippen molar-refractivity contribution in [3.63, 3.8) is 0 Å². The zero-order valence-corrected chi connectivity index (χ0v) is 16.5. The van der Waals surface area contributed by atoms with Gasteiger partial charge in [0.1, 0.15) is 5.82 Å². The quantitative estimate of drug-likeness (QED) is 0.664. The molecule has 0 aromatic carbocycles. The second-order valence-electron chi connectivity index (χ2n) is 8.11. The van der Waals surface area contributed by atoms with E-state index in [1.54, 1.807) is 0 Å². The summed E-state index contributed by atoms with van der Waals surface area (Å²) in [6.07, 6.45) is 3.30. The number of rotatable bonds is 5. The third-order valence-corrected chi connectivity index (χ3v) is 5.76. The smallest absolute Gasteiger partial charge is 0.240 e. The Labute approximate surface area is 163 Å². The number of piperidine rings is 1. The Morgan fingerprint density at radius 3 is 2.61 bits per heavy atom. The normalized spacial score (nSPS) is 18.9. The van der Waals surface area contributed by atoms with Gasteiger partial charge in [0.2, 0.25) is 5.89 Å². The van der Waals surface area contributed by atoms with Crippen molar-refractivity contribution in [3.8, 4) is 0 Å². The van der Waals surface area contributed by atoms with Crippen molar-refractivity contribution in [1.29, 1.82) is 0 Å². The van der Waals surface area contributed by atoms with E-state index in [2.05, 4.69) is 44.0 Å². The highest BCUT2D eigenvalue weighted by molar-refractivity contribution is 5.47. The van der Waals surface area contributed by atoms with Crippen LogP contribution in [0.5, 0.6) is 0 Å². The van der Waals surface area contributed by atoms with E-state index in [9.17, 15) is 0 Å². The lowest BCUT2D eigenvalue weighted by Crippen LogP contribution is -2.38. The molecule has 0 unspecified atom stereocenters. The minimum Gasteiger partial charge on any atom is -0.355 e. The molecule has 0 N–H and O–H groups in total. The molecule has 2 fully saturated rings. The summed E-state index contributed by atoms with van der Waals surface area (Å²) in [6.45, 7) is 8.99. The fourth-order valence-electron chi connectivity index (χ4n) is 3.87. The monoisotopic (exact) mass is 382 g/mol. The van der Waals surface area contributed by atoms with Crippen molar-refractivity contribution in [2.24, 2.45) is 0 Å². The molecule has 2 aliphatic heterocycles. The third-order valence-electron chi connectivity index (χ3n) is 5.76. The van der Waals surface area contributed by atoms with Crippen molar-refractivity contribution in [1.82, 2.24) is 34.9 Å². The molecule has 3 aromatic rings. The molecule has 9 heteroatoms. The van der Waals surface area contributed by atoms with Gasteiger partial charge in [-0.1, -0.05) is 19.0 Å². The molecular formula is C19H26N8O. The average Bonchev–Trinajstić information content (AvgIpc) is 3.28. The standard InChI is InChI=1S/C19H26N8O/c1-13(2)18-20-17(28-24-18)12-25-10-6-14(7-11-25)19-22-21-15-4-5-16(23-27(15)19)26-8-3-9-26/h4-5,13-14H,3,6-12H2,1-2H3. The fraction of sp³-hybridized carbons (Fsp3) is 0.632. The molecule has 148 valence electrons. The third kappa shape index (κ3) is 3.23. The lowest BCUT2D eigenvalue weighted by atomic mass is 9.96. The maximum atomic E-state index is 5.39. The van der Waals surface area contributed by atoms with Crippen LogP contribution in [0, 0.1) is 0 Å². The number of fused-ring (bicyclic) bond motifs is 1. The van der Waals surface area contributed by atoms with E-state index < -0.39 is 0 Å². The van der Waals surface area contributed by atoms with Gasteiger partial charge < -0.3 is 9.42 Å². The number of anilines is 1. The second-order valence-corrected chi connectivity index (χ2v) is 8.11. The van der Waals surface area contributed by atoms with Gasteiger partial charge in [-0.05, 0) is 44.5 Å². The van der Waals surface area contributed by atoms with Gasteiger partial charge in [0.15, 0.2) is 17.3 Å². The molecule has 0 bridgehead atoms. The van der Waals surface area contributed by atoms with Crippen molar-refractivity contribution >= 4 is 11.5 Å². The maximum absolute atomic E-state index is 5.39. The SMILES string of the molecule is CC(C)c1noc(CN2CCC(c3nnc4ccc(N5CCC5)nn34)CC2)n1. The maximum Gasteiger partial charge on any atom is 0.240 e. The van der Waals surface area contributed by atoms with Crippen molar-refractivity contribution < 1.29 is 4.52 Å². The Hall–Kier alpha value is -2.55. The predicted molar refractivity (Wildman–Crippen MR) is 103 cm³/mol. The van der Waals surface area contributed by atoms with E-state index >= 15 is 0 Å². The molecule has 2 saturated heterocycles. The topological polar surface area (TPSA) is 88.5 Å². The molecule has 2 aliphatic rings. The summed E-state index contributed by atoms with van der Waals surface area (Å²) in [6, 6.07) is 4.07. The molecule has 0 radical (unpaired) electrons. The highest BCUT2D eigenvalue weighted by Crippen LogP contribution is 2.28. The van der Waals surface area contributed by atoms with E-state index in [0.717, 1.165) is 62.1 Å². The predicted octanol–water partition coefficient (Wildman–Crippen LogP) is 2.22. The van der Waals surface area contributed by atoms with Gasteiger partial charge in [0.25, 0.3) is 0 Å². The highest BCUT2D eigenvalue weighted by Gasteiger charge is 2.27. The summed E-state index contributed by atoms with van der Waals surface area (Å²) in [5.74, 6) is 4.16. The lowest BCUT2D eigenvalue weighted by Gasteiger charge is -2.32. The molecule has 3 aromatic heterocycles. The first-order valence-corrected chi connectivity index (χ1v) is 10.2. The molecular weight excluding hydrogens is 356 g/mol. The van der Waals surface area contributed by atoms with Crippen LogP contribution in [0.4, 0.5) is 5.82 Å². The molecule has 5 heterocycles. The van der Waals surface area contributed by atoms with E-state index in [0.29, 0.717) is 18.4 Å². The van der Waals surface area contributed by atoms with Crippen LogP contribution >= 0.6 is 0 Å². The fourth-order valence-corrected chi connectivity index (χ4v) is 3.87. The summed E-state index contributed by atoms with van der Waals surface area (Å²) < 4.78 is 7.34. The second kappa shape index (κ2) is 7.12. The van der Waals surface area contributed by atoms with E-state index in [-0.39, 0.29) is 5.92 Å². The van der Waals surface area contributed by atoms with Crippen LogP contribution < -0.4 is 4.90 Å². The Morgan fingerprint density at radius 2 is 1.93 bits per heavy atom. The molecule has 0 aliphatic carbocycles. The van der Waals surface area contributed by atoms with Gasteiger partial charge in [0.05, 0.1) is 6.54 Å². The van der Waals surface area contributed by atoms with Gasteiger partial charge in [-0.25, -0.2) is 0 Å². The van der Waals surface area contributed by atoms with Crippen LogP contribution in [0.2, 0.25) is 0 Å². The molecule has 0 saturated carbocycles. The number of aromatic nitrogens is 6. The van der Waals surface area contributed by atoms with Crippen LogP contribution in [0.1, 0.15) is 62.5 Å². The minimum atomic E-state index is 0.290. The summed E-state index contributed by atoms with van der Waals surface area (Å²) in [4.78, 5) is 9.16. The average molecular weight is 382 g/mol. The Kier molecular flexibility index (Phi) is 4.46.